The second-order valence-corrected chi connectivity index (χ2v) is 6.39. The molecule has 1 amide bonds. The van der Waals surface area contributed by atoms with Crippen LogP contribution in [0, 0.1) is 5.92 Å². The number of carbonyl (C=O) groups excluding carboxylic acids is 1. The van der Waals surface area contributed by atoms with E-state index in [4.69, 9.17) is 5.73 Å². The van der Waals surface area contributed by atoms with Crippen LogP contribution in [-0.4, -0.2) is 44.4 Å². The Bertz CT molecular complexity index is 459. The van der Waals surface area contributed by atoms with Crippen molar-refractivity contribution in [1.82, 2.24) is 19.7 Å². The number of rotatable bonds is 5. The summed E-state index contributed by atoms with van der Waals surface area (Å²) in [5.74, 6) is 2.51. The lowest BCUT2D eigenvalue weighted by Crippen LogP contribution is -2.38. The summed E-state index contributed by atoms with van der Waals surface area (Å²) >= 11 is 1.56. The Balaban J connectivity index is 0.00000220. The summed E-state index contributed by atoms with van der Waals surface area (Å²) in [4.78, 5) is 14.1. The lowest BCUT2D eigenvalue weighted by atomic mass is 9.99. The summed E-state index contributed by atoms with van der Waals surface area (Å²) in [7, 11) is 1.90. The van der Waals surface area contributed by atoms with Gasteiger partial charge in [-0.2, -0.15) is 0 Å². The highest BCUT2D eigenvalue weighted by Gasteiger charge is 2.20. The molecule has 120 valence electrons. The van der Waals surface area contributed by atoms with E-state index >= 15 is 0 Å². The third-order valence-corrected chi connectivity index (χ3v) is 4.81. The molecule has 1 aromatic heterocycles. The number of likely N-dealkylation sites (tertiary alicyclic amines) is 1. The Kier molecular flexibility index (Phi) is 7.48. The van der Waals surface area contributed by atoms with Crippen LogP contribution in [0.4, 0.5) is 0 Å². The van der Waals surface area contributed by atoms with Crippen LogP contribution in [0.5, 0.6) is 0 Å². The van der Waals surface area contributed by atoms with Crippen molar-refractivity contribution in [3.63, 3.8) is 0 Å². The monoisotopic (exact) mass is 333 g/mol. The number of carbonyl (C=O) groups is 1. The lowest BCUT2D eigenvalue weighted by Gasteiger charge is -2.30. The van der Waals surface area contributed by atoms with Crippen LogP contribution in [0.1, 0.15) is 32.0 Å². The molecule has 2 heterocycles. The van der Waals surface area contributed by atoms with Crippen molar-refractivity contribution < 1.29 is 4.79 Å². The van der Waals surface area contributed by atoms with Gasteiger partial charge in [-0.05, 0) is 18.8 Å². The normalized spacial score (nSPS) is 15.9. The molecular formula is C13H24ClN5OS. The quantitative estimate of drug-likeness (QED) is 0.825. The van der Waals surface area contributed by atoms with Gasteiger partial charge in [0.2, 0.25) is 5.91 Å². The van der Waals surface area contributed by atoms with Gasteiger partial charge in [-0.15, -0.1) is 22.6 Å². The fraction of sp³-hybridized carbons (Fsp3) is 0.769. The largest absolute Gasteiger partial charge is 0.343 e. The van der Waals surface area contributed by atoms with Crippen molar-refractivity contribution in [2.75, 3.05) is 18.8 Å². The molecule has 1 saturated heterocycles. The number of nitrogens with zero attached hydrogens (tertiary/aromatic N) is 4. The average Bonchev–Trinajstić information content (AvgIpc) is 2.80. The van der Waals surface area contributed by atoms with E-state index < -0.39 is 0 Å². The third kappa shape index (κ3) is 4.86. The molecule has 0 aromatic carbocycles. The molecule has 2 rings (SSSR count). The van der Waals surface area contributed by atoms with Gasteiger partial charge >= 0.3 is 0 Å². The number of thioether (sulfide) groups is 1. The zero-order valence-corrected chi connectivity index (χ0v) is 14.3. The van der Waals surface area contributed by atoms with Crippen molar-refractivity contribution in [2.45, 2.75) is 37.9 Å². The molecule has 1 fully saturated rings. The van der Waals surface area contributed by atoms with Crippen molar-refractivity contribution in [2.24, 2.45) is 18.7 Å². The van der Waals surface area contributed by atoms with Gasteiger partial charge < -0.3 is 15.2 Å². The van der Waals surface area contributed by atoms with E-state index in [0.717, 1.165) is 48.6 Å². The maximum Gasteiger partial charge on any atom is 0.223 e. The topological polar surface area (TPSA) is 77.0 Å². The minimum Gasteiger partial charge on any atom is -0.343 e. The van der Waals surface area contributed by atoms with E-state index in [1.165, 1.54) is 0 Å². The predicted molar refractivity (Wildman–Crippen MR) is 86.5 cm³/mol. The van der Waals surface area contributed by atoms with Crippen molar-refractivity contribution in [3.05, 3.63) is 5.82 Å². The highest BCUT2D eigenvalue weighted by molar-refractivity contribution is 7.99. The minimum atomic E-state index is 0. The van der Waals surface area contributed by atoms with Crippen LogP contribution in [0.15, 0.2) is 5.16 Å². The Morgan fingerprint density at radius 2 is 2.05 bits per heavy atom. The Hall–Kier alpha value is -0.790. The Labute approximate surface area is 136 Å². The van der Waals surface area contributed by atoms with Crippen LogP contribution in [-0.2, 0) is 18.4 Å². The van der Waals surface area contributed by atoms with Gasteiger partial charge in [-0.25, -0.2) is 0 Å². The molecule has 0 aliphatic carbocycles. The molecule has 0 unspecified atom stereocenters. The predicted octanol–water partition coefficient (Wildman–Crippen LogP) is 1.44. The number of hydrogen-bond donors (Lipinski definition) is 1. The molecule has 8 heteroatoms. The summed E-state index contributed by atoms with van der Waals surface area (Å²) < 4.78 is 1.89. The van der Waals surface area contributed by atoms with E-state index in [2.05, 4.69) is 17.1 Å². The van der Waals surface area contributed by atoms with E-state index in [1.54, 1.807) is 11.8 Å². The number of halogens is 1. The summed E-state index contributed by atoms with van der Waals surface area (Å²) in [6.07, 6.45) is 2.81. The molecule has 1 aromatic rings. The van der Waals surface area contributed by atoms with Crippen molar-refractivity contribution >= 4 is 30.1 Å². The third-order valence-electron chi connectivity index (χ3n) is 3.79. The van der Waals surface area contributed by atoms with Gasteiger partial charge in [0.15, 0.2) is 5.16 Å². The standard InChI is InChI=1S/C13H23N5OS.ClH/c1-10-3-6-18(7-4-10)12(19)5-8-20-13-16-15-11(9-14)17(13)2;/h10H,3-9,14H2,1-2H3;1H. The Morgan fingerprint density at radius 1 is 1.38 bits per heavy atom. The Morgan fingerprint density at radius 3 is 2.62 bits per heavy atom. The SMILES string of the molecule is CC1CCN(C(=O)CCSc2nnc(CN)n2C)CC1.Cl. The van der Waals surface area contributed by atoms with Crippen LogP contribution in [0.3, 0.4) is 0 Å². The number of nitrogens with two attached hydrogens (primary N) is 1. The van der Waals surface area contributed by atoms with Gasteiger partial charge in [0.1, 0.15) is 5.82 Å². The first-order chi connectivity index (χ1) is 9.61. The first-order valence-corrected chi connectivity index (χ1v) is 8.09. The van der Waals surface area contributed by atoms with E-state index in [0.29, 0.717) is 13.0 Å². The number of amides is 1. The van der Waals surface area contributed by atoms with Crippen LogP contribution < -0.4 is 5.73 Å². The second kappa shape index (κ2) is 8.60. The lowest BCUT2D eigenvalue weighted by molar-refractivity contribution is -0.132. The first-order valence-electron chi connectivity index (χ1n) is 7.10. The summed E-state index contributed by atoms with van der Waals surface area (Å²) in [6.45, 7) is 4.45. The summed E-state index contributed by atoms with van der Waals surface area (Å²) in [5, 5.41) is 8.90. The number of piperidine rings is 1. The van der Waals surface area contributed by atoms with Gasteiger partial charge in [0.05, 0.1) is 6.54 Å². The first kappa shape index (κ1) is 18.3. The average molecular weight is 334 g/mol. The van der Waals surface area contributed by atoms with Crippen LogP contribution in [0.25, 0.3) is 0 Å². The maximum absolute atomic E-state index is 12.1. The maximum atomic E-state index is 12.1. The molecule has 0 bridgehead atoms. The molecule has 1 aliphatic heterocycles. The second-order valence-electron chi connectivity index (χ2n) is 5.32. The molecule has 0 saturated carbocycles. The fourth-order valence-corrected chi connectivity index (χ4v) is 3.15. The zero-order valence-electron chi connectivity index (χ0n) is 12.6. The molecule has 1 aliphatic rings. The molecule has 21 heavy (non-hydrogen) atoms. The number of aromatic nitrogens is 3. The van der Waals surface area contributed by atoms with E-state index in [-0.39, 0.29) is 18.3 Å². The van der Waals surface area contributed by atoms with Crippen LogP contribution >= 0.6 is 24.2 Å². The van der Waals surface area contributed by atoms with Gasteiger partial charge in [-0.1, -0.05) is 18.7 Å². The molecular weight excluding hydrogens is 310 g/mol. The van der Waals surface area contributed by atoms with E-state index in [9.17, 15) is 4.79 Å². The van der Waals surface area contributed by atoms with Crippen molar-refractivity contribution in [3.8, 4) is 0 Å². The smallest absolute Gasteiger partial charge is 0.223 e. The van der Waals surface area contributed by atoms with Gasteiger partial charge in [0.25, 0.3) is 0 Å². The zero-order chi connectivity index (χ0) is 14.5. The molecule has 0 atom stereocenters. The molecule has 6 nitrogen and oxygen atoms in total. The fourth-order valence-electron chi connectivity index (χ4n) is 2.29. The highest BCUT2D eigenvalue weighted by Crippen LogP contribution is 2.19. The summed E-state index contributed by atoms with van der Waals surface area (Å²) in [6, 6.07) is 0. The number of hydrogen-bond acceptors (Lipinski definition) is 5. The molecule has 2 N–H and O–H groups in total. The minimum absolute atomic E-state index is 0. The summed E-state index contributed by atoms with van der Waals surface area (Å²) in [5.41, 5.74) is 5.56. The molecule has 0 radical (unpaired) electrons. The van der Waals surface area contributed by atoms with Gasteiger partial charge in [0, 0.05) is 32.3 Å². The van der Waals surface area contributed by atoms with Crippen LogP contribution in [0.2, 0.25) is 0 Å². The molecule has 0 spiro atoms. The van der Waals surface area contributed by atoms with Crippen molar-refractivity contribution in [1.29, 1.82) is 0 Å². The highest BCUT2D eigenvalue weighted by atomic mass is 35.5. The van der Waals surface area contributed by atoms with E-state index in [1.807, 2.05) is 16.5 Å². The van der Waals surface area contributed by atoms with Gasteiger partial charge in [-0.3, -0.25) is 4.79 Å².